The molecule has 4 nitrogen and oxygen atoms in total. The second-order valence-electron chi connectivity index (χ2n) is 6.27. The van der Waals surface area contributed by atoms with Crippen molar-refractivity contribution in [1.29, 1.82) is 0 Å². The molecule has 0 saturated heterocycles. The number of carbonyl (C=O) groups is 1. The first kappa shape index (κ1) is 13.7. The Morgan fingerprint density at radius 3 is 2.61 bits per heavy atom. The molecule has 18 heavy (non-hydrogen) atoms. The van der Waals surface area contributed by atoms with Crippen molar-refractivity contribution in [2.45, 2.75) is 63.5 Å². The first-order valence-corrected chi connectivity index (χ1v) is 7.32. The van der Waals surface area contributed by atoms with E-state index in [2.05, 4.69) is 12.2 Å². The summed E-state index contributed by atoms with van der Waals surface area (Å²) in [5, 5.41) is 3.12. The molecule has 2 saturated carbocycles. The Labute approximate surface area is 110 Å². The van der Waals surface area contributed by atoms with Gasteiger partial charge >= 0.3 is 6.03 Å². The summed E-state index contributed by atoms with van der Waals surface area (Å²) in [4.78, 5) is 14.2. The van der Waals surface area contributed by atoms with E-state index in [1.54, 1.807) is 0 Å². The molecule has 0 aromatic rings. The van der Waals surface area contributed by atoms with Crippen LogP contribution in [0.4, 0.5) is 4.79 Å². The third-order valence-corrected chi connectivity index (χ3v) is 4.90. The van der Waals surface area contributed by atoms with Gasteiger partial charge < -0.3 is 16.0 Å². The lowest BCUT2D eigenvalue weighted by molar-refractivity contribution is 0.0811. The maximum atomic E-state index is 12.3. The molecular weight excluding hydrogens is 226 g/mol. The van der Waals surface area contributed by atoms with Gasteiger partial charge in [-0.25, -0.2) is 4.79 Å². The van der Waals surface area contributed by atoms with Crippen molar-refractivity contribution in [1.82, 2.24) is 10.2 Å². The quantitative estimate of drug-likeness (QED) is 0.809. The molecule has 2 aliphatic carbocycles. The second kappa shape index (κ2) is 5.47. The molecule has 0 radical (unpaired) electrons. The lowest BCUT2D eigenvalue weighted by atomic mass is 9.75. The first-order valence-electron chi connectivity index (χ1n) is 7.32. The van der Waals surface area contributed by atoms with Gasteiger partial charge in [-0.1, -0.05) is 19.8 Å². The summed E-state index contributed by atoms with van der Waals surface area (Å²) in [6.07, 6.45) is 8.03. The highest BCUT2D eigenvalue weighted by Gasteiger charge is 2.40. The normalized spacial score (nSPS) is 32.7. The van der Waals surface area contributed by atoms with Crippen LogP contribution in [-0.2, 0) is 0 Å². The first-order chi connectivity index (χ1) is 8.57. The fourth-order valence-corrected chi connectivity index (χ4v) is 3.30. The van der Waals surface area contributed by atoms with Gasteiger partial charge in [0.1, 0.15) is 0 Å². The summed E-state index contributed by atoms with van der Waals surface area (Å²) in [5.74, 6) is 0.668. The maximum Gasteiger partial charge on any atom is 0.317 e. The minimum Gasteiger partial charge on any atom is -0.335 e. The molecule has 0 heterocycles. The number of rotatable bonds is 3. The van der Waals surface area contributed by atoms with Gasteiger partial charge in [-0.05, 0) is 38.0 Å². The van der Waals surface area contributed by atoms with Gasteiger partial charge in [0.25, 0.3) is 0 Å². The Balaban J connectivity index is 1.98. The van der Waals surface area contributed by atoms with Crippen LogP contribution in [0.1, 0.15) is 51.9 Å². The van der Waals surface area contributed by atoms with E-state index in [0.717, 1.165) is 25.7 Å². The van der Waals surface area contributed by atoms with Gasteiger partial charge in [0, 0.05) is 19.6 Å². The van der Waals surface area contributed by atoms with Crippen molar-refractivity contribution in [3.05, 3.63) is 0 Å². The van der Waals surface area contributed by atoms with Gasteiger partial charge in [0.15, 0.2) is 0 Å². The van der Waals surface area contributed by atoms with Crippen LogP contribution in [0.3, 0.4) is 0 Å². The number of nitrogens with two attached hydrogens (primary N) is 1. The average Bonchev–Trinajstić information content (AvgIpc) is 2.32. The van der Waals surface area contributed by atoms with Crippen LogP contribution in [0.2, 0.25) is 0 Å². The number of carbonyl (C=O) groups excluding carboxylic acids is 1. The highest BCUT2D eigenvalue weighted by Crippen LogP contribution is 2.35. The maximum absolute atomic E-state index is 12.3. The second-order valence-corrected chi connectivity index (χ2v) is 6.27. The van der Waals surface area contributed by atoms with Crippen molar-refractivity contribution >= 4 is 6.03 Å². The summed E-state index contributed by atoms with van der Waals surface area (Å²) in [6, 6.07) is 0.468. The number of hydrogen-bond donors (Lipinski definition) is 2. The minimum atomic E-state index is -0.120. The third-order valence-electron chi connectivity index (χ3n) is 4.90. The van der Waals surface area contributed by atoms with Crippen LogP contribution in [0.5, 0.6) is 0 Å². The topological polar surface area (TPSA) is 58.4 Å². The Bertz CT molecular complexity index is 303. The molecule has 2 aliphatic rings. The average molecular weight is 253 g/mol. The molecule has 2 fully saturated rings. The highest BCUT2D eigenvalue weighted by atomic mass is 16.2. The molecule has 4 heteroatoms. The molecule has 2 atom stereocenters. The summed E-state index contributed by atoms with van der Waals surface area (Å²) in [7, 11) is 1.92. The van der Waals surface area contributed by atoms with E-state index in [1.807, 2.05) is 11.9 Å². The van der Waals surface area contributed by atoms with E-state index >= 15 is 0 Å². The van der Waals surface area contributed by atoms with Crippen molar-refractivity contribution in [2.75, 3.05) is 13.6 Å². The van der Waals surface area contributed by atoms with Crippen LogP contribution in [-0.4, -0.2) is 36.1 Å². The van der Waals surface area contributed by atoms with Crippen LogP contribution in [0.15, 0.2) is 0 Å². The van der Waals surface area contributed by atoms with Crippen molar-refractivity contribution in [2.24, 2.45) is 11.7 Å². The lowest BCUT2D eigenvalue weighted by Gasteiger charge is -2.46. The SMILES string of the molecule is CC1CCCC(CN)(N(C)C(=O)NC2CCC2)C1. The Morgan fingerprint density at radius 2 is 2.11 bits per heavy atom. The van der Waals surface area contributed by atoms with E-state index in [-0.39, 0.29) is 11.6 Å². The summed E-state index contributed by atoms with van der Waals surface area (Å²) in [6.45, 7) is 2.84. The van der Waals surface area contributed by atoms with Gasteiger partial charge in [0.05, 0.1) is 5.54 Å². The molecule has 0 aromatic heterocycles. The van der Waals surface area contributed by atoms with Crippen LogP contribution < -0.4 is 11.1 Å². The van der Waals surface area contributed by atoms with E-state index in [0.29, 0.717) is 18.5 Å². The molecule has 0 bridgehead atoms. The molecule has 2 unspecified atom stereocenters. The number of hydrogen-bond acceptors (Lipinski definition) is 2. The van der Waals surface area contributed by atoms with Crippen molar-refractivity contribution in [3.8, 4) is 0 Å². The number of nitrogens with zero attached hydrogens (tertiary/aromatic N) is 1. The highest BCUT2D eigenvalue weighted by molar-refractivity contribution is 5.75. The molecule has 0 aliphatic heterocycles. The van der Waals surface area contributed by atoms with Crippen molar-refractivity contribution < 1.29 is 4.79 Å². The summed E-state index contributed by atoms with van der Waals surface area (Å²) >= 11 is 0. The molecule has 104 valence electrons. The Kier molecular flexibility index (Phi) is 4.15. The molecular formula is C14H27N3O. The van der Waals surface area contributed by atoms with E-state index in [4.69, 9.17) is 5.73 Å². The lowest BCUT2D eigenvalue weighted by Crippen LogP contribution is -2.60. The van der Waals surface area contributed by atoms with Crippen LogP contribution >= 0.6 is 0 Å². The zero-order chi connectivity index (χ0) is 13.2. The largest absolute Gasteiger partial charge is 0.335 e. The van der Waals surface area contributed by atoms with Gasteiger partial charge in [-0.3, -0.25) is 0 Å². The van der Waals surface area contributed by atoms with E-state index < -0.39 is 0 Å². The molecule has 2 amide bonds. The molecule has 2 rings (SSSR count). The predicted octanol–water partition coefficient (Wildman–Crippen LogP) is 2.09. The third kappa shape index (κ3) is 2.63. The zero-order valence-electron chi connectivity index (χ0n) is 11.7. The molecule has 0 spiro atoms. The van der Waals surface area contributed by atoms with E-state index in [9.17, 15) is 4.79 Å². The number of urea groups is 1. The zero-order valence-corrected chi connectivity index (χ0v) is 11.7. The fraction of sp³-hybridized carbons (Fsp3) is 0.929. The van der Waals surface area contributed by atoms with Gasteiger partial charge in [-0.2, -0.15) is 0 Å². The molecule has 0 aromatic carbocycles. The Morgan fingerprint density at radius 1 is 1.39 bits per heavy atom. The smallest absolute Gasteiger partial charge is 0.317 e. The minimum absolute atomic E-state index is 0.0688. The summed E-state index contributed by atoms with van der Waals surface area (Å²) in [5.41, 5.74) is 5.88. The van der Waals surface area contributed by atoms with Crippen LogP contribution in [0.25, 0.3) is 0 Å². The number of likely N-dealkylation sites (N-methyl/N-ethyl adjacent to an activating group) is 1. The number of amides is 2. The van der Waals surface area contributed by atoms with Gasteiger partial charge in [-0.15, -0.1) is 0 Å². The molecule has 3 N–H and O–H groups in total. The summed E-state index contributed by atoms with van der Waals surface area (Å²) < 4.78 is 0. The van der Waals surface area contributed by atoms with Gasteiger partial charge in [0.2, 0.25) is 0 Å². The Hall–Kier alpha value is -0.770. The predicted molar refractivity (Wildman–Crippen MR) is 73.4 cm³/mol. The van der Waals surface area contributed by atoms with Crippen LogP contribution in [0, 0.1) is 5.92 Å². The van der Waals surface area contributed by atoms with Crippen molar-refractivity contribution in [3.63, 3.8) is 0 Å². The van der Waals surface area contributed by atoms with E-state index in [1.165, 1.54) is 19.3 Å². The standard InChI is InChI=1S/C14H27N3O/c1-11-5-4-8-14(9-11,10-15)17(2)13(18)16-12-6-3-7-12/h11-12H,3-10,15H2,1-2H3,(H,16,18). The number of nitrogens with one attached hydrogen (secondary N) is 1. The fourth-order valence-electron chi connectivity index (χ4n) is 3.30. The monoisotopic (exact) mass is 253 g/mol.